The number of benzene rings is 1. The predicted octanol–water partition coefficient (Wildman–Crippen LogP) is 4.70. The molecule has 168 valence electrons. The van der Waals surface area contributed by atoms with Crippen LogP contribution < -0.4 is 9.80 Å². The van der Waals surface area contributed by atoms with Gasteiger partial charge in [-0.15, -0.1) is 0 Å². The lowest BCUT2D eigenvalue weighted by Crippen LogP contribution is -2.38. The Bertz CT molecular complexity index is 1090. The Morgan fingerprint density at radius 1 is 1.00 bits per heavy atom. The molecule has 3 aromatic rings. The van der Waals surface area contributed by atoms with Gasteiger partial charge in [-0.25, -0.2) is 9.97 Å². The fraction of sp³-hybridized carbons (Fsp3) is 0.435. The number of hydrogen-bond acceptors (Lipinski definition) is 6. The van der Waals surface area contributed by atoms with Crippen molar-refractivity contribution in [2.75, 3.05) is 49.2 Å². The third kappa shape index (κ3) is 4.29. The van der Waals surface area contributed by atoms with Crippen molar-refractivity contribution < 1.29 is 4.74 Å². The van der Waals surface area contributed by atoms with Gasteiger partial charge in [0.15, 0.2) is 0 Å². The molecule has 2 saturated heterocycles. The average Bonchev–Trinajstić information content (AvgIpc) is 3.25. The van der Waals surface area contributed by atoms with Crippen LogP contribution in [0.1, 0.15) is 30.1 Å². The smallest absolute Gasteiger partial charge is 0.227 e. The largest absolute Gasteiger partial charge is 0.378 e. The molecule has 1 aromatic carbocycles. The molecule has 2 aromatic heterocycles. The zero-order valence-corrected chi connectivity index (χ0v) is 19.5. The first-order valence-corrected chi connectivity index (χ1v) is 11.8. The first-order chi connectivity index (χ1) is 15.6. The summed E-state index contributed by atoms with van der Waals surface area (Å²) in [5.41, 5.74) is 4.17. The van der Waals surface area contributed by atoms with Gasteiger partial charge in [0.25, 0.3) is 0 Å². The maximum Gasteiger partial charge on any atom is 0.227 e. The molecule has 0 bridgehead atoms. The average molecular weight is 473 g/mol. The second-order valence-electron chi connectivity index (χ2n) is 8.30. The number of aromatic amines is 1. The molecule has 7 nitrogen and oxygen atoms in total. The zero-order chi connectivity index (χ0) is 22.1. The van der Waals surface area contributed by atoms with Crippen LogP contribution in [0.25, 0.3) is 11.1 Å². The molecule has 0 saturated carbocycles. The summed E-state index contributed by atoms with van der Waals surface area (Å²) in [6, 6.07) is 5.57. The second kappa shape index (κ2) is 9.25. The number of imidazole rings is 1. The Balaban J connectivity index is 1.47. The van der Waals surface area contributed by atoms with E-state index in [0.717, 1.165) is 67.6 Å². The van der Waals surface area contributed by atoms with Crippen LogP contribution in [0.4, 0.5) is 11.8 Å². The molecule has 0 radical (unpaired) electrons. The Labute approximate surface area is 197 Å². The van der Waals surface area contributed by atoms with E-state index in [2.05, 4.69) is 26.7 Å². The van der Waals surface area contributed by atoms with Gasteiger partial charge in [0.2, 0.25) is 5.95 Å². The van der Waals surface area contributed by atoms with E-state index in [0.29, 0.717) is 29.2 Å². The van der Waals surface area contributed by atoms with Crippen molar-refractivity contribution in [3.8, 4) is 11.1 Å². The molecule has 0 amide bonds. The van der Waals surface area contributed by atoms with E-state index in [4.69, 9.17) is 37.9 Å². The van der Waals surface area contributed by atoms with Crippen LogP contribution in [0.5, 0.6) is 0 Å². The van der Waals surface area contributed by atoms with Gasteiger partial charge in [0, 0.05) is 60.1 Å². The summed E-state index contributed by atoms with van der Waals surface area (Å²) < 4.78 is 5.50. The molecule has 0 spiro atoms. The number of aryl methyl sites for hydroxylation is 1. The summed E-state index contributed by atoms with van der Waals surface area (Å²) in [5.74, 6) is 2.12. The van der Waals surface area contributed by atoms with Crippen molar-refractivity contribution in [2.45, 2.75) is 25.7 Å². The maximum absolute atomic E-state index is 6.57. The lowest BCUT2D eigenvalue weighted by atomic mass is 9.92. The number of rotatable bonds is 4. The zero-order valence-electron chi connectivity index (χ0n) is 18.0. The van der Waals surface area contributed by atoms with Crippen molar-refractivity contribution in [1.82, 2.24) is 19.9 Å². The monoisotopic (exact) mass is 472 g/mol. The van der Waals surface area contributed by atoms with Crippen LogP contribution >= 0.6 is 23.2 Å². The van der Waals surface area contributed by atoms with Crippen LogP contribution in [0.3, 0.4) is 0 Å². The molecule has 0 unspecified atom stereocenters. The van der Waals surface area contributed by atoms with Gasteiger partial charge < -0.3 is 19.5 Å². The first-order valence-electron chi connectivity index (χ1n) is 11.0. The second-order valence-corrected chi connectivity index (χ2v) is 9.15. The normalized spacial score (nSPS) is 17.7. The summed E-state index contributed by atoms with van der Waals surface area (Å²) >= 11 is 12.7. The van der Waals surface area contributed by atoms with Crippen molar-refractivity contribution in [1.29, 1.82) is 0 Å². The third-order valence-electron chi connectivity index (χ3n) is 6.32. The highest BCUT2D eigenvalue weighted by Crippen LogP contribution is 2.38. The fourth-order valence-electron chi connectivity index (χ4n) is 4.56. The number of hydrogen-bond donors (Lipinski definition) is 1. The van der Waals surface area contributed by atoms with E-state index in [-0.39, 0.29) is 0 Å². The maximum atomic E-state index is 6.57. The number of aromatic nitrogens is 4. The molecule has 4 heterocycles. The molecule has 0 atom stereocenters. The van der Waals surface area contributed by atoms with E-state index in [1.54, 1.807) is 12.4 Å². The van der Waals surface area contributed by atoms with E-state index in [9.17, 15) is 0 Å². The van der Waals surface area contributed by atoms with Gasteiger partial charge in [-0.2, -0.15) is 4.98 Å². The highest BCUT2D eigenvalue weighted by Gasteiger charge is 2.27. The third-order valence-corrected chi connectivity index (χ3v) is 6.87. The topological polar surface area (TPSA) is 70.2 Å². The van der Waals surface area contributed by atoms with E-state index < -0.39 is 0 Å². The SMILES string of the molecule is Cc1[nH]cnc1C1CCN(c2nc(N3CCOCC3)ncc2-c2ccc(Cl)cc2Cl)CC1. The van der Waals surface area contributed by atoms with Crippen LogP contribution in [0.15, 0.2) is 30.7 Å². The fourth-order valence-corrected chi connectivity index (χ4v) is 5.07. The standard InChI is InChI=1S/C23H26Cl2N6O/c1-15-21(28-14-27-15)16-4-6-30(7-5-16)22-19(18-3-2-17(24)12-20(18)25)13-26-23(29-22)31-8-10-32-11-9-31/h2-3,12-14,16H,4-11H2,1H3,(H,27,28). The lowest BCUT2D eigenvalue weighted by Gasteiger charge is -2.34. The molecule has 9 heteroatoms. The van der Waals surface area contributed by atoms with Crippen LogP contribution in [0.2, 0.25) is 10.0 Å². The molecule has 2 fully saturated rings. The Hall–Kier alpha value is -2.35. The number of nitrogens with one attached hydrogen (secondary N) is 1. The Morgan fingerprint density at radius 3 is 2.47 bits per heavy atom. The Morgan fingerprint density at radius 2 is 1.78 bits per heavy atom. The van der Waals surface area contributed by atoms with Crippen molar-refractivity contribution >= 4 is 35.0 Å². The number of morpholine rings is 1. The molecule has 1 N–H and O–H groups in total. The summed E-state index contributed by atoms with van der Waals surface area (Å²) in [7, 11) is 0. The molecule has 2 aliphatic rings. The summed E-state index contributed by atoms with van der Waals surface area (Å²) in [6.07, 6.45) is 5.73. The molecule has 5 rings (SSSR count). The van der Waals surface area contributed by atoms with Crippen LogP contribution in [0, 0.1) is 6.92 Å². The molecular formula is C23H26Cl2N6O. The number of piperidine rings is 1. The van der Waals surface area contributed by atoms with Gasteiger partial charge in [0.1, 0.15) is 5.82 Å². The van der Waals surface area contributed by atoms with Gasteiger partial charge in [-0.1, -0.05) is 29.3 Å². The quantitative estimate of drug-likeness (QED) is 0.593. The summed E-state index contributed by atoms with van der Waals surface area (Å²) in [6.45, 7) is 6.86. The number of halogens is 2. The van der Waals surface area contributed by atoms with E-state index >= 15 is 0 Å². The minimum absolute atomic E-state index is 0.459. The molecule has 2 aliphatic heterocycles. The molecule has 0 aliphatic carbocycles. The highest BCUT2D eigenvalue weighted by molar-refractivity contribution is 6.36. The van der Waals surface area contributed by atoms with Gasteiger partial charge >= 0.3 is 0 Å². The molecular weight excluding hydrogens is 447 g/mol. The first kappa shape index (κ1) is 21.5. The predicted molar refractivity (Wildman–Crippen MR) is 128 cm³/mol. The van der Waals surface area contributed by atoms with Crippen molar-refractivity contribution in [3.63, 3.8) is 0 Å². The highest BCUT2D eigenvalue weighted by atomic mass is 35.5. The molecule has 32 heavy (non-hydrogen) atoms. The number of H-pyrrole nitrogens is 1. The Kier molecular flexibility index (Phi) is 6.22. The van der Waals surface area contributed by atoms with Crippen LogP contribution in [-0.2, 0) is 4.74 Å². The number of nitrogens with zero attached hydrogens (tertiary/aromatic N) is 5. The van der Waals surface area contributed by atoms with Gasteiger partial charge in [0.05, 0.1) is 30.3 Å². The minimum Gasteiger partial charge on any atom is -0.378 e. The van der Waals surface area contributed by atoms with E-state index in [1.807, 2.05) is 18.3 Å². The number of ether oxygens (including phenoxy) is 1. The van der Waals surface area contributed by atoms with E-state index in [1.165, 1.54) is 5.69 Å². The van der Waals surface area contributed by atoms with Gasteiger partial charge in [-0.3, -0.25) is 0 Å². The lowest BCUT2D eigenvalue weighted by molar-refractivity contribution is 0.122. The minimum atomic E-state index is 0.459. The van der Waals surface area contributed by atoms with Crippen molar-refractivity contribution in [3.05, 3.63) is 52.2 Å². The summed E-state index contributed by atoms with van der Waals surface area (Å²) in [4.78, 5) is 22.0. The van der Waals surface area contributed by atoms with Gasteiger partial charge in [-0.05, 0) is 31.9 Å². The van der Waals surface area contributed by atoms with Crippen LogP contribution in [-0.4, -0.2) is 59.3 Å². The summed E-state index contributed by atoms with van der Waals surface area (Å²) in [5, 5.41) is 1.21. The van der Waals surface area contributed by atoms with Crippen molar-refractivity contribution in [2.24, 2.45) is 0 Å². The number of anilines is 2.